The highest BCUT2D eigenvalue weighted by molar-refractivity contribution is 7.22. The molecule has 0 radical (unpaired) electrons. The number of hydrogen-bond acceptors (Lipinski definition) is 5. The SMILES string of the molecule is COCCNc1cc(-c2sc3ccccc3c2C)cc(-c2cccc(O)c2)n1. The number of aryl methyl sites for hydroxylation is 1. The number of nitrogens with one attached hydrogen (secondary N) is 1. The maximum atomic E-state index is 9.88. The Kier molecular flexibility index (Phi) is 5.28. The Labute approximate surface area is 168 Å². The highest BCUT2D eigenvalue weighted by Crippen LogP contribution is 2.39. The van der Waals surface area contributed by atoms with E-state index in [4.69, 9.17) is 9.72 Å². The summed E-state index contributed by atoms with van der Waals surface area (Å²) in [6.45, 7) is 3.45. The molecule has 4 nitrogen and oxygen atoms in total. The second-order valence-electron chi connectivity index (χ2n) is 6.65. The molecule has 2 heterocycles. The van der Waals surface area contributed by atoms with Gasteiger partial charge < -0.3 is 15.2 Å². The van der Waals surface area contributed by atoms with Crippen molar-refractivity contribution in [1.29, 1.82) is 0 Å². The Hall–Kier alpha value is -2.89. The van der Waals surface area contributed by atoms with Crippen LogP contribution >= 0.6 is 11.3 Å². The lowest BCUT2D eigenvalue weighted by Gasteiger charge is -2.11. The van der Waals surface area contributed by atoms with Crippen LogP contribution in [0, 0.1) is 6.92 Å². The molecule has 4 aromatic rings. The van der Waals surface area contributed by atoms with Gasteiger partial charge in [-0.1, -0.05) is 30.3 Å². The van der Waals surface area contributed by atoms with Crippen molar-refractivity contribution in [2.45, 2.75) is 6.92 Å². The molecule has 0 aliphatic rings. The van der Waals surface area contributed by atoms with Crippen molar-refractivity contribution < 1.29 is 9.84 Å². The van der Waals surface area contributed by atoms with E-state index in [0.29, 0.717) is 13.2 Å². The molecular formula is C23H22N2O2S. The number of phenolic OH excluding ortho intramolecular Hbond substituents is 1. The molecule has 0 aliphatic carbocycles. The molecule has 0 fully saturated rings. The van der Waals surface area contributed by atoms with E-state index in [1.807, 2.05) is 12.1 Å². The summed E-state index contributed by atoms with van der Waals surface area (Å²) in [6.07, 6.45) is 0. The Morgan fingerprint density at radius 1 is 1.04 bits per heavy atom. The van der Waals surface area contributed by atoms with Crippen LogP contribution in [0.5, 0.6) is 5.75 Å². The molecule has 0 saturated carbocycles. The van der Waals surface area contributed by atoms with Crippen molar-refractivity contribution in [3.8, 4) is 27.4 Å². The van der Waals surface area contributed by atoms with E-state index in [-0.39, 0.29) is 5.75 Å². The molecule has 0 atom stereocenters. The average molecular weight is 391 g/mol. The van der Waals surface area contributed by atoms with Crippen LogP contribution in [0.2, 0.25) is 0 Å². The molecule has 2 aromatic heterocycles. The maximum Gasteiger partial charge on any atom is 0.127 e. The topological polar surface area (TPSA) is 54.4 Å². The van der Waals surface area contributed by atoms with Gasteiger partial charge in [0.1, 0.15) is 11.6 Å². The minimum absolute atomic E-state index is 0.233. The number of ether oxygens (including phenoxy) is 1. The fourth-order valence-electron chi connectivity index (χ4n) is 3.30. The summed E-state index contributed by atoms with van der Waals surface area (Å²) in [5.41, 5.74) is 4.10. The summed E-state index contributed by atoms with van der Waals surface area (Å²) in [6, 6.07) is 19.9. The number of fused-ring (bicyclic) bond motifs is 1. The smallest absolute Gasteiger partial charge is 0.127 e. The van der Waals surface area contributed by atoms with Crippen LogP contribution in [0.15, 0.2) is 60.7 Å². The van der Waals surface area contributed by atoms with Crippen molar-refractivity contribution in [1.82, 2.24) is 4.98 Å². The quantitative estimate of drug-likeness (QED) is 0.415. The zero-order valence-electron chi connectivity index (χ0n) is 15.9. The number of hydrogen-bond donors (Lipinski definition) is 2. The van der Waals surface area contributed by atoms with Crippen LogP contribution in [0.1, 0.15) is 5.56 Å². The molecule has 28 heavy (non-hydrogen) atoms. The van der Waals surface area contributed by atoms with Gasteiger partial charge in [0.05, 0.1) is 12.3 Å². The van der Waals surface area contributed by atoms with Crippen LogP contribution < -0.4 is 5.32 Å². The lowest BCUT2D eigenvalue weighted by atomic mass is 10.0. The normalized spacial score (nSPS) is 11.1. The predicted octanol–water partition coefficient (Wildman–Crippen LogP) is 5.70. The van der Waals surface area contributed by atoms with Crippen molar-refractivity contribution >= 4 is 27.2 Å². The van der Waals surface area contributed by atoms with Gasteiger partial charge in [-0.2, -0.15) is 0 Å². The highest BCUT2D eigenvalue weighted by atomic mass is 32.1. The van der Waals surface area contributed by atoms with Gasteiger partial charge in [0.15, 0.2) is 0 Å². The number of methoxy groups -OCH3 is 1. The minimum Gasteiger partial charge on any atom is -0.508 e. The Balaban J connectivity index is 1.84. The molecule has 2 aromatic carbocycles. The summed E-state index contributed by atoms with van der Waals surface area (Å²) in [5, 5.41) is 14.5. The second kappa shape index (κ2) is 8.00. The number of anilines is 1. The van der Waals surface area contributed by atoms with E-state index >= 15 is 0 Å². The van der Waals surface area contributed by atoms with E-state index in [2.05, 4.69) is 48.6 Å². The van der Waals surface area contributed by atoms with Crippen molar-refractivity contribution in [2.24, 2.45) is 0 Å². The van der Waals surface area contributed by atoms with Crippen molar-refractivity contribution in [3.05, 3.63) is 66.2 Å². The van der Waals surface area contributed by atoms with Gasteiger partial charge >= 0.3 is 0 Å². The van der Waals surface area contributed by atoms with E-state index in [1.165, 1.54) is 20.5 Å². The molecule has 0 aliphatic heterocycles. The third-order valence-electron chi connectivity index (χ3n) is 4.69. The first-order valence-electron chi connectivity index (χ1n) is 9.18. The van der Waals surface area contributed by atoms with Gasteiger partial charge in [-0.05, 0) is 53.8 Å². The largest absolute Gasteiger partial charge is 0.508 e. The minimum atomic E-state index is 0.233. The average Bonchev–Trinajstić information content (AvgIpc) is 3.05. The molecular weight excluding hydrogens is 368 g/mol. The zero-order chi connectivity index (χ0) is 19.5. The van der Waals surface area contributed by atoms with Gasteiger partial charge in [0.2, 0.25) is 0 Å². The number of nitrogens with zero attached hydrogens (tertiary/aromatic N) is 1. The standard InChI is InChI=1S/C23H22N2O2S/c1-15-19-8-3-4-9-21(19)28-23(15)17-13-20(16-6-5-7-18(26)12-16)25-22(14-17)24-10-11-27-2/h3-9,12-14,26H,10-11H2,1-2H3,(H,24,25). The lowest BCUT2D eigenvalue weighted by molar-refractivity contribution is 0.210. The first-order valence-corrected chi connectivity index (χ1v) is 10.00. The maximum absolute atomic E-state index is 9.88. The van der Waals surface area contributed by atoms with Gasteiger partial charge in [-0.3, -0.25) is 0 Å². The fraction of sp³-hybridized carbons (Fsp3) is 0.174. The van der Waals surface area contributed by atoms with Gasteiger partial charge in [-0.15, -0.1) is 11.3 Å². The molecule has 0 bridgehead atoms. The molecule has 4 rings (SSSR count). The van der Waals surface area contributed by atoms with Crippen LogP contribution in [0.3, 0.4) is 0 Å². The number of phenols is 1. The van der Waals surface area contributed by atoms with Crippen molar-refractivity contribution in [3.63, 3.8) is 0 Å². The number of pyridine rings is 1. The molecule has 0 spiro atoms. The number of aromatic nitrogens is 1. The van der Waals surface area contributed by atoms with Crippen molar-refractivity contribution in [2.75, 3.05) is 25.6 Å². The predicted molar refractivity (Wildman–Crippen MR) is 117 cm³/mol. The summed E-state index contributed by atoms with van der Waals surface area (Å²) < 4.78 is 6.42. The summed E-state index contributed by atoms with van der Waals surface area (Å²) in [5.74, 6) is 1.03. The number of benzene rings is 2. The van der Waals surface area contributed by atoms with E-state index in [0.717, 1.165) is 22.6 Å². The van der Waals surface area contributed by atoms with Gasteiger partial charge in [0, 0.05) is 28.8 Å². The van der Waals surface area contributed by atoms with E-state index in [9.17, 15) is 5.11 Å². The molecule has 0 saturated heterocycles. The van der Waals surface area contributed by atoms with Crippen LogP contribution in [0.25, 0.3) is 31.8 Å². The molecule has 0 amide bonds. The van der Waals surface area contributed by atoms with Crippen LogP contribution in [-0.2, 0) is 4.74 Å². The van der Waals surface area contributed by atoms with Gasteiger partial charge in [-0.25, -0.2) is 4.98 Å². The zero-order valence-corrected chi connectivity index (χ0v) is 16.7. The number of thiophene rings is 1. The lowest BCUT2D eigenvalue weighted by Crippen LogP contribution is -2.09. The number of rotatable bonds is 6. The fourth-order valence-corrected chi connectivity index (χ4v) is 4.49. The van der Waals surface area contributed by atoms with E-state index in [1.54, 1.807) is 30.6 Å². The first-order chi connectivity index (χ1) is 13.7. The van der Waals surface area contributed by atoms with Gasteiger partial charge in [0.25, 0.3) is 0 Å². The number of aromatic hydroxyl groups is 1. The molecule has 0 unspecified atom stereocenters. The van der Waals surface area contributed by atoms with E-state index < -0.39 is 0 Å². The molecule has 142 valence electrons. The summed E-state index contributed by atoms with van der Waals surface area (Å²) >= 11 is 1.79. The first kappa shape index (κ1) is 18.5. The second-order valence-corrected chi connectivity index (χ2v) is 7.70. The Morgan fingerprint density at radius 3 is 2.68 bits per heavy atom. The van der Waals surface area contributed by atoms with Crippen LogP contribution in [-0.4, -0.2) is 30.4 Å². The summed E-state index contributed by atoms with van der Waals surface area (Å²) in [7, 11) is 1.68. The highest BCUT2D eigenvalue weighted by Gasteiger charge is 2.13. The third-order valence-corrected chi connectivity index (χ3v) is 6.01. The summed E-state index contributed by atoms with van der Waals surface area (Å²) in [4.78, 5) is 5.99. The Morgan fingerprint density at radius 2 is 1.89 bits per heavy atom. The van der Waals surface area contributed by atoms with Crippen LogP contribution in [0.4, 0.5) is 5.82 Å². The third kappa shape index (κ3) is 3.72. The Bertz CT molecular complexity index is 1120. The molecule has 5 heteroatoms. The molecule has 2 N–H and O–H groups in total. The monoisotopic (exact) mass is 390 g/mol.